The topological polar surface area (TPSA) is 63.1 Å². The van der Waals surface area contributed by atoms with Crippen LogP contribution in [0.5, 0.6) is 5.75 Å². The van der Waals surface area contributed by atoms with Gasteiger partial charge in [-0.2, -0.15) is 5.10 Å². The van der Waals surface area contributed by atoms with Gasteiger partial charge in [0.2, 0.25) is 5.91 Å². The zero-order chi connectivity index (χ0) is 14.4. The summed E-state index contributed by atoms with van der Waals surface area (Å²) in [6, 6.07) is 7.65. The molecule has 1 unspecified atom stereocenters. The Labute approximate surface area is 122 Å². The first-order valence-electron chi connectivity index (χ1n) is 6.51. The Bertz CT molecular complexity index is 543. The summed E-state index contributed by atoms with van der Waals surface area (Å²) in [4.78, 5) is 11.3. The van der Waals surface area contributed by atoms with Crippen LogP contribution in [-0.2, 0) is 4.79 Å². The van der Waals surface area contributed by atoms with Gasteiger partial charge in [0.15, 0.2) is 5.17 Å². The molecule has 0 aliphatic carbocycles. The van der Waals surface area contributed by atoms with Crippen molar-refractivity contribution in [3.8, 4) is 5.75 Å². The zero-order valence-electron chi connectivity index (χ0n) is 11.5. The lowest BCUT2D eigenvalue weighted by Crippen LogP contribution is -2.23. The molecule has 106 valence electrons. The minimum atomic E-state index is -0.107. The molecule has 1 amide bonds. The van der Waals surface area contributed by atoms with E-state index in [1.807, 2.05) is 31.2 Å². The molecule has 0 radical (unpaired) electrons. The maximum Gasteiger partial charge on any atom is 0.239 e. The van der Waals surface area contributed by atoms with Crippen molar-refractivity contribution in [3.05, 3.63) is 29.8 Å². The summed E-state index contributed by atoms with van der Waals surface area (Å²) >= 11 is 1.37. The largest absolute Gasteiger partial charge is 0.493 e. The Hall–Kier alpha value is -1.82. The molecule has 0 aromatic heterocycles. The van der Waals surface area contributed by atoms with Gasteiger partial charge in [-0.25, -0.2) is 0 Å². The number of hydrogen-bond acceptors (Lipinski definition) is 5. The number of amidine groups is 1. The van der Waals surface area contributed by atoms with Gasteiger partial charge in [-0.1, -0.05) is 30.8 Å². The average molecular weight is 291 g/mol. The average Bonchev–Trinajstić information content (AvgIpc) is 2.76. The number of ether oxygens (including phenoxy) is 1. The van der Waals surface area contributed by atoms with E-state index < -0.39 is 0 Å². The molecule has 0 spiro atoms. The molecule has 5 nitrogen and oxygen atoms in total. The summed E-state index contributed by atoms with van der Waals surface area (Å²) in [5.74, 6) is 0.755. The first-order valence-corrected chi connectivity index (χ1v) is 7.39. The third-order valence-electron chi connectivity index (χ3n) is 2.61. The van der Waals surface area contributed by atoms with Crippen molar-refractivity contribution in [2.75, 3.05) is 6.61 Å². The van der Waals surface area contributed by atoms with Crippen molar-refractivity contribution >= 4 is 29.1 Å². The van der Waals surface area contributed by atoms with E-state index in [1.165, 1.54) is 11.8 Å². The number of para-hydroxylation sites is 1. The fourth-order valence-electron chi connectivity index (χ4n) is 1.58. The van der Waals surface area contributed by atoms with Crippen LogP contribution >= 0.6 is 11.8 Å². The number of carbonyl (C=O) groups is 1. The summed E-state index contributed by atoms with van der Waals surface area (Å²) in [5, 5.41) is 11.1. The number of nitrogens with zero attached hydrogens (tertiary/aromatic N) is 2. The van der Waals surface area contributed by atoms with Gasteiger partial charge in [-0.05, 0) is 25.5 Å². The molecule has 2 rings (SSSR count). The highest BCUT2D eigenvalue weighted by atomic mass is 32.2. The minimum absolute atomic E-state index is 0.0318. The van der Waals surface area contributed by atoms with Crippen molar-refractivity contribution < 1.29 is 9.53 Å². The van der Waals surface area contributed by atoms with E-state index in [0.29, 0.717) is 11.8 Å². The Morgan fingerprint density at radius 3 is 2.95 bits per heavy atom. The van der Waals surface area contributed by atoms with Crippen LogP contribution in [0.4, 0.5) is 0 Å². The standard InChI is InChI=1S/C14H17N3O2S/c1-3-8-19-12-7-5-4-6-11(12)9-15-17-14-16-13(18)10(2)20-14/h4-7,9-10H,3,8H2,1-2H3,(H,16,17,18)/b15-9+. The van der Waals surface area contributed by atoms with Crippen LogP contribution < -0.4 is 10.1 Å². The van der Waals surface area contributed by atoms with Crippen molar-refractivity contribution in [1.29, 1.82) is 0 Å². The second-order valence-corrected chi connectivity index (χ2v) is 5.61. The van der Waals surface area contributed by atoms with Gasteiger partial charge in [0.1, 0.15) is 5.75 Å². The van der Waals surface area contributed by atoms with Crippen LogP contribution in [0.1, 0.15) is 25.8 Å². The van der Waals surface area contributed by atoms with Gasteiger partial charge in [-0.3, -0.25) is 4.79 Å². The SMILES string of the molecule is CCCOc1ccccc1/C=N/N=C1\NC(=O)C(C)S1. The van der Waals surface area contributed by atoms with Gasteiger partial charge < -0.3 is 10.1 Å². The van der Waals surface area contributed by atoms with Crippen LogP contribution in [0.3, 0.4) is 0 Å². The van der Waals surface area contributed by atoms with Gasteiger partial charge in [0, 0.05) is 5.56 Å². The van der Waals surface area contributed by atoms with Crippen molar-refractivity contribution in [2.24, 2.45) is 10.2 Å². The molecule has 1 fully saturated rings. The van der Waals surface area contributed by atoms with E-state index in [-0.39, 0.29) is 11.2 Å². The van der Waals surface area contributed by atoms with E-state index >= 15 is 0 Å². The molecule has 1 aliphatic rings. The Kier molecular flexibility index (Phi) is 5.17. The van der Waals surface area contributed by atoms with Crippen molar-refractivity contribution in [2.45, 2.75) is 25.5 Å². The lowest BCUT2D eigenvalue weighted by atomic mass is 10.2. The highest BCUT2D eigenvalue weighted by molar-refractivity contribution is 8.15. The van der Waals surface area contributed by atoms with Gasteiger partial charge >= 0.3 is 0 Å². The van der Waals surface area contributed by atoms with Gasteiger partial charge in [-0.15, -0.1) is 5.10 Å². The molecular weight excluding hydrogens is 274 g/mol. The third kappa shape index (κ3) is 3.84. The Balaban J connectivity index is 2.04. The molecule has 1 aromatic rings. The Morgan fingerprint density at radius 1 is 1.45 bits per heavy atom. The lowest BCUT2D eigenvalue weighted by Gasteiger charge is -2.06. The van der Waals surface area contributed by atoms with E-state index in [1.54, 1.807) is 6.21 Å². The smallest absolute Gasteiger partial charge is 0.239 e. The van der Waals surface area contributed by atoms with E-state index in [0.717, 1.165) is 17.7 Å². The maximum absolute atomic E-state index is 11.3. The van der Waals surface area contributed by atoms with E-state index in [9.17, 15) is 4.79 Å². The van der Waals surface area contributed by atoms with Crippen LogP contribution in [0.25, 0.3) is 0 Å². The van der Waals surface area contributed by atoms with E-state index in [4.69, 9.17) is 4.74 Å². The maximum atomic E-state index is 11.3. The first-order chi connectivity index (χ1) is 9.70. The molecule has 6 heteroatoms. The lowest BCUT2D eigenvalue weighted by molar-refractivity contribution is -0.118. The molecule has 1 atom stereocenters. The monoisotopic (exact) mass is 291 g/mol. The highest BCUT2D eigenvalue weighted by Gasteiger charge is 2.25. The fraction of sp³-hybridized carbons (Fsp3) is 0.357. The molecule has 1 saturated heterocycles. The molecule has 1 N–H and O–H groups in total. The van der Waals surface area contributed by atoms with Crippen LogP contribution in [0, 0.1) is 0 Å². The molecule has 0 saturated carbocycles. The number of carbonyl (C=O) groups excluding carboxylic acids is 1. The summed E-state index contributed by atoms with van der Waals surface area (Å²) in [5.41, 5.74) is 0.868. The van der Waals surface area contributed by atoms with E-state index in [2.05, 4.69) is 22.4 Å². The number of rotatable bonds is 5. The predicted molar refractivity (Wildman–Crippen MR) is 82.5 cm³/mol. The van der Waals surface area contributed by atoms with Gasteiger partial charge in [0.05, 0.1) is 18.1 Å². The summed E-state index contributed by atoms with van der Waals surface area (Å²) < 4.78 is 5.63. The zero-order valence-corrected chi connectivity index (χ0v) is 12.3. The summed E-state index contributed by atoms with van der Waals surface area (Å²) in [7, 11) is 0. The number of hydrogen-bond donors (Lipinski definition) is 1. The van der Waals surface area contributed by atoms with Gasteiger partial charge in [0.25, 0.3) is 0 Å². The minimum Gasteiger partial charge on any atom is -0.493 e. The predicted octanol–water partition coefficient (Wildman–Crippen LogP) is 2.42. The molecular formula is C14H17N3O2S. The summed E-state index contributed by atoms with van der Waals surface area (Å²) in [6.45, 7) is 4.56. The van der Waals surface area contributed by atoms with Crippen LogP contribution in [0.2, 0.25) is 0 Å². The molecule has 1 aliphatic heterocycles. The molecule has 1 heterocycles. The van der Waals surface area contributed by atoms with Crippen LogP contribution in [0.15, 0.2) is 34.5 Å². The van der Waals surface area contributed by atoms with Crippen molar-refractivity contribution in [3.63, 3.8) is 0 Å². The Morgan fingerprint density at radius 2 is 2.25 bits per heavy atom. The number of thioether (sulfide) groups is 1. The van der Waals surface area contributed by atoms with Crippen LogP contribution in [-0.4, -0.2) is 29.1 Å². The number of benzene rings is 1. The van der Waals surface area contributed by atoms with Crippen molar-refractivity contribution in [1.82, 2.24) is 5.32 Å². The number of nitrogens with one attached hydrogen (secondary N) is 1. The number of amides is 1. The highest BCUT2D eigenvalue weighted by Crippen LogP contribution is 2.19. The molecule has 1 aromatic carbocycles. The molecule has 20 heavy (non-hydrogen) atoms. The fourth-order valence-corrected chi connectivity index (χ4v) is 2.33. The second kappa shape index (κ2) is 7.09. The normalized spacial score (nSPS) is 20.6. The molecule has 0 bridgehead atoms. The summed E-state index contributed by atoms with van der Waals surface area (Å²) in [6.07, 6.45) is 2.59. The second-order valence-electron chi connectivity index (χ2n) is 4.29. The quantitative estimate of drug-likeness (QED) is 0.669. The first kappa shape index (κ1) is 14.6. The third-order valence-corrected chi connectivity index (χ3v) is 3.59.